The maximum Gasteiger partial charge on any atom is 0.165 e. The van der Waals surface area contributed by atoms with E-state index in [1.165, 1.54) is 6.07 Å². The number of hydrogen-bond donors (Lipinski definition) is 2. The molecule has 0 radical (unpaired) electrons. The van der Waals surface area contributed by atoms with E-state index in [1.807, 2.05) is 25.1 Å². The van der Waals surface area contributed by atoms with Crippen molar-refractivity contribution >= 4 is 21.6 Å². The Morgan fingerprint density at radius 2 is 2.06 bits per heavy atom. The lowest BCUT2D eigenvalue weighted by Crippen LogP contribution is -2.00. The molecule has 0 aromatic heterocycles. The number of nitrogens with one attached hydrogen (secondary N) is 1. The lowest BCUT2D eigenvalue weighted by Gasteiger charge is -2.09. The van der Waals surface area contributed by atoms with Gasteiger partial charge in [-0.2, -0.15) is 0 Å². The molecule has 0 amide bonds. The fourth-order valence-corrected chi connectivity index (χ4v) is 2.35. The van der Waals surface area contributed by atoms with Crippen molar-refractivity contribution in [1.82, 2.24) is 0 Å². The molecular weight excluding hydrogens is 297 g/mol. The van der Waals surface area contributed by atoms with Crippen molar-refractivity contribution in [2.75, 3.05) is 5.32 Å². The van der Waals surface area contributed by atoms with E-state index >= 15 is 0 Å². The molecule has 0 fully saturated rings. The Bertz CT molecular complexity index is 551. The van der Waals surface area contributed by atoms with Crippen molar-refractivity contribution in [3.63, 3.8) is 0 Å². The van der Waals surface area contributed by atoms with E-state index in [1.54, 1.807) is 12.1 Å². The molecule has 2 aromatic rings. The highest BCUT2D eigenvalue weighted by atomic mass is 79.9. The highest BCUT2D eigenvalue weighted by Crippen LogP contribution is 2.23. The number of anilines is 1. The Balaban J connectivity index is 2.14. The Labute approximate surface area is 114 Å². The molecule has 18 heavy (non-hydrogen) atoms. The van der Waals surface area contributed by atoms with Gasteiger partial charge in [-0.25, -0.2) is 4.39 Å². The molecule has 2 rings (SSSR count). The summed E-state index contributed by atoms with van der Waals surface area (Å²) in [6.07, 6.45) is 0. The predicted octanol–water partition coefficient (Wildman–Crippen LogP) is 4.21. The number of phenols is 1. The molecule has 0 spiro atoms. The summed E-state index contributed by atoms with van der Waals surface area (Å²) < 4.78 is 14.1. The van der Waals surface area contributed by atoms with E-state index < -0.39 is 5.82 Å². The van der Waals surface area contributed by atoms with Crippen LogP contribution in [0.1, 0.15) is 11.1 Å². The molecule has 0 saturated carbocycles. The van der Waals surface area contributed by atoms with Crippen LogP contribution in [0.15, 0.2) is 40.9 Å². The normalized spacial score (nSPS) is 10.4. The van der Waals surface area contributed by atoms with Gasteiger partial charge in [-0.1, -0.05) is 28.1 Å². The second kappa shape index (κ2) is 5.40. The Kier molecular flexibility index (Phi) is 3.87. The molecular formula is C14H13BrFNO. The second-order valence-corrected chi connectivity index (χ2v) is 5.03. The highest BCUT2D eigenvalue weighted by molar-refractivity contribution is 9.10. The number of para-hydroxylation sites is 1. The first kappa shape index (κ1) is 12.9. The summed E-state index contributed by atoms with van der Waals surface area (Å²) in [4.78, 5) is 0. The first-order valence-corrected chi connectivity index (χ1v) is 6.33. The van der Waals surface area contributed by atoms with Gasteiger partial charge in [0.25, 0.3) is 0 Å². The van der Waals surface area contributed by atoms with Crippen molar-refractivity contribution in [3.8, 4) is 5.75 Å². The van der Waals surface area contributed by atoms with Crippen molar-refractivity contribution in [1.29, 1.82) is 0 Å². The molecule has 0 atom stereocenters. The summed E-state index contributed by atoms with van der Waals surface area (Å²) in [7, 11) is 0. The van der Waals surface area contributed by atoms with Crippen LogP contribution in [0.25, 0.3) is 0 Å². The zero-order chi connectivity index (χ0) is 13.1. The Morgan fingerprint density at radius 3 is 2.78 bits per heavy atom. The molecule has 4 heteroatoms. The number of aromatic hydroxyl groups is 1. The monoisotopic (exact) mass is 309 g/mol. The number of benzene rings is 2. The van der Waals surface area contributed by atoms with E-state index in [2.05, 4.69) is 21.2 Å². The third kappa shape index (κ3) is 3.01. The van der Waals surface area contributed by atoms with Crippen LogP contribution in [0.5, 0.6) is 5.75 Å². The predicted molar refractivity (Wildman–Crippen MR) is 74.3 cm³/mol. The first-order chi connectivity index (χ1) is 8.56. The van der Waals surface area contributed by atoms with Gasteiger partial charge in [0.15, 0.2) is 11.6 Å². The van der Waals surface area contributed by atoms with Gasteiger partial charge < -0.3 is 10.4 Å². The number of rotatable bonds is 3. The summed E-state index contributed by atoms with van der Waals surface area (Å²) in [6, 6.07) is 10.4. The number of aryl methyl sites for hydroxylation is 1. The van der Waals surface area contributed by atoms with E-state index in [4.69, 9.17) is 0 Å². The summed E-state index contributed by atoms with van der Waals surface area (Å²) in [5, 5.41) is 12.7. The van der Waals surface area contributed by atoms with Crippen LogP contribution >= 0.6 is 15.9 Å². The lowest BCUT2D eigenvalue weighted by molar-refractivity contribution is 0.427. The van der Waals surface area contributed by atoms with E-state index in [-0.39, 0.29) is 5.75 Å². The molecule has 0 bridgehead atoms. The molecule has 0 aliphatic rings. The smallest absolute Gasteiger partial charge is 0.165 e. The van der Waals surface area contributed by atoms with Crippen LogP contribution < -0.4 is 5.32 Å². The zero-order valence-electron chi connectivity index (χ0n) is 9.87. The van der Waals surface area contributed by atoms with Crippen LogP contribution in [0.2, 0.25) is 0 Å². The summed E-state index contributed by atoms with van der Waals surface area (Å²) in [5.41, 5.74) is 2.58. The maximum atomic E-state index is 13.1. The quantitative estimate of drug-likeness (QED) is 0.890. The van der Waals surface area contributed by atoms with Gasteiger partial charge in [0, 0.05) is 22.3 Å². The minimum absolute atomic E-state index is 0.295. The first-order valence-electron chi connectivity index (χ1n) is 5.53. The van der Waals surface area contributed by atoms with E-state index in [0.29, 0.717) is 12.1 Å². The summed E-state index contributed by atoms with van der Waals surface area (Å²) in [6.45, 7) is 2.37. The molecule has 0 heterocycles. The molecule has 94 valence electrons. The number of halogens is 2. The van der Waals surface area contributed by atoms with Crippen LogP contribution in [-0.2, 0) is 6.54 Å². The van der Waals surface area contributed by atoms with Gasteiger partial charge in [-0.15, -0.1) is 0 Å². The van der Waals surface area contributed by atoms with Crippen molar-refractivity contribution in [2.24, 2.45) is 0 Å². The standard InChI is InChI=1S/C14H13BrFNO/c1-9-5-11(15)7-12(6-9)17-8-10-3-2-4-13(16)14(10)18/h2-7,17-18H,8H2,1H3. The molecule has 0 unspecified atom stereocenters. The molecule has 2 N–H and O–H groups in total. The third-order valence-electron chi connectivity index (χ3n) is 2.60. The third-order valence-corrected chi connectivity index (χ3v) is 3.05. The summed E-state index contributed by atoms with van der Waals surface area (Å²) >= 11 is 3.42. The average molecular weight is 310 g/mol. The number of phenolic OH excluding ortho intramolecular Hbond substituents is 1. The summed E-state index contributed by atoms with van der Waals surface area (Å²) in [5.74, 6) is -0.892. The molecule has 2 aromatic carbocycles. The lowest BCUT2D eigenvalue weighted by atomic mass is 10.1. The molecule has 2 nitrogen and oxygen atoms in total. The topological polar surface area (TPSA) is 32.3 Å². The van der Waals surface area contributed by atoms with E-state index in [0.717, 1.165) is 15.7 Å². The molecule has 0 aliphatic carbocycles. The van der Waals surface area contributed by atoms with Gasteiger partial charge in [0.05, 0.1) is 0 Å². The fraction of sp³-hybridized carbons (Fsp3) is 0.143. The average Bonchev–Trinajstić information content (AvgIpc) is 2.30. The van der Waals surface area contributed by atoms with Crippen LogP contribution in [0.3, 0.4) is 0 Å². The SMILES string of the molecule is Cc1cc(Br)cc(NCc2cccc(F)c2O)c1. The Hall–Kier alpha value is -1.55. The largest absolute Gasteiger partial charge is 0.505 e. The van der Waals surface area contributed by atoms with Crippen molar-refractivity contribution in [2.45, 2.75) is 13.5 Å². The zero-order valence-corrected chi connectivity index (χ0v) is 11.5. The van der Waals surface area contributed by atoms with Crippen LogP contribution in [0.4, 0.5) is 10.1 Å². The van der Waals surface area contributed by atoms with Gasteiger partial charge in [-0.05, 0) is 36.8 Å². The van der Waals surface area contributed by atoms with Crippen molar-refractivity contribution in [3.05, 3.63) is 57.8 Å². The number of hydrogen-bond acceptors (Lipinski definition) is 2. The minimum atomic E-state index is -0.597. The van der Waals surface area contributed by atoms with Gasteiger partial charge in [-0.3, -0.25) is 0 Å². The van der Waals surface area contributed by atoms with Crippen LogP contribution in [0, 0.1) is 12.7 Å². The van der Waals surface area contributed by atoms with Gasteiger partial charge >= 0.3 is 0 Å². The molecule has 0 aliphatic heterocycles. The minimum Gasteiger partial charge on any atom is -0.505 e. The maximum absolute atomic E-state index is 13.1. The fourth-order valence-electron chi connectivity index (χ4n) is 1.74. The molecule has 0 saturated heterocycles. The highest BCUT2D eigenvalue weighted by Gasteiger charge is 2.06. The van der Waals surface area contributed by atoms with Gasteiger partial charge in [0.2, 0.25) is 0 Å². The Morgan fingerprint density at radius 1 is 1.28 bits per heavy atom. The van der Waals surface area contributed by atoms with Crippen LogP contribution in [-0.4, -0.2) is 5.11 Å². The van der Waals surface area contributed by atoms with E-state index in [9.17, 15) is 9.50 Å². The van der Waals surface area contributed by atoms with Crippen molar-refractivity contribution < 1.29 is 9.50 Å². The second-order valence-electron chi connectivity index (χ2n) is 4.12. The van der Waals surface area contributed by atoms with Gasteiger partial charge in [0.1, 0.15) is 0 Å².